The SMILES string of the molecule is CSc1nnc(N2CCC2)cc1C(=O)O. The first kappa shape index (κ1) is 10.2. The van der Waals surface area contributed by atoms with Gasteiger partial charge >= 0.3 is 5.97 Å². The molecule has 0 amide bonds. The number of nitrogens with zero attached hydrogens (tertiary/aromatic N) is 3. The van der Waals surface area contributed by atoms with Gasteiger partial charge in [-0.3, -0.25) is 0 Å². The van der Waals surface area contributed by atoms with Gasteiger partial charge in [0.05, 0.1) is 5.56 Å². The summed E-state index contributed by atoms with van der Waals surface area (Å²) in [6.07, 6.45) is 2.92. The van der Waals surface area contributed by atoms with E-state index in [1.54, 1.807) is 12.3 Å². The zero-order valence-electron chi connectivity index (χ0n) is 8.30. The molecule has 6 heteroatoms. The highest BCUT2D eigenvalue weighted by Gasteiger charge is 2.20. The fourth-order valence-corrected chi connectivity index (χ4v) is 1.86. The Kier molecular flexibility index (Phi) is 2.77. The van der Waals surface area contributed by atoms with Crippen LogP contribution in [0.15, 0.2) is 11.1 Å². The molecule has 0 bridgehead atoms. The summed E-state index contributed by atoms with van der Waals surface area (Å²) in [7, 11) is 0. The summed E-state index contributed by atoms with van der Waals surface area (Å²) in [5, 5.41) is 17.4. The van der Waals surface area contributed by atoms with Crippen LogP contribution in [0.3, 0.4) is 0 Å². The van der Waals surface area contributed by atoms with Crippen LogP contribution in [-0.4, -0.2) is 40.6 Å². The van der Waals surface area contributed by atoms with Crippen LogP contribution in [0, 0.1) is 0 Å². The van der Waals surface area contributed by atoms with E-state index in [0.717, 1.165) is 19.5 Å². The van der Waals surface area contributed by atoms with E-state index in [-0.39, 0.29) is 5.56 Å². The maximum absolute atomic E-state index is 11.0. The first-order valence-corrected chi connectivity index (χ1v) is 5.85. The van der Waals surface area contributed by atoms with Crippen LogP contribution in [-0.2, 0) is 0 Å². The van der Waals surface area contributed by atoms with Crippen molar-refractivity contribution >= 4 is 23.5 Å². The van der Waals surface area contributed by atoms with Gasteiger partial charge in [0.2, 0.25) is 0 Å². The Balaban J connectivity index is 2.35. The molecule has 2 rings (SSSR count). The molecular formula is C9H11N3O2S. The summed E-state index contributed by atoms with van der Waals surface area (Å²) in [4.78, 5) is 13.0. The Bertz CT molecular complexity index is 393. The highest BCUT2D eigenvalue weighted by Crippen LogP contribution is 2.23. The predicted molar refractivity (Wildman–Crippen MR) is 57.6 cm³/mol. The minimum absolute atomic E-state index is 0.236. The van der Waals surface area contributed by atoms with Gasteiger partial charge < -0.3 is 10.0 Å². The lowest BCUT2D eigenvalue weighted by Crippen LogP contribution is -2.38. The molecule has 0 unspecified atom stereocenters. The summed E-state index contributed by atoms with van der Waals surface area (Å²) in [5.74, 6) is -0.285. The molecule has 0 atom stereocenters. The van der Waals surface area contributed by atoms with Gasteiger partial charge in [0.15, 0.2) is 5.82 Å². The van der Waals surface area contributed by atoms with Crippen LogP contribution in [0.25, 0.3) is 0 Å². The minimum Gasteiger partial charge on any atom is -0.478 e. The number of carboxylic acids is 1. The minimum atomic E-state index is -0.948. The van der Waals surface area contributed by atoms with E-state index in [0.29, 0.717) is 10.8 Å². The molecule has 1 aromatic heterocycles. The van der Waals surface area contributed by atoms with Gasteiger partial charge in [-0.05, 0) is 18.7 Å². The normalized spacial score (nSPS) is 14.9. The smallest absolute Gasteiger partial charge is 0.338 e. The third-order valence-corrected chi connectivity index (χ3v) is 3.04. The number of rotatable bonds is 3. The molecule has 2 heterocycles. The molecule has 0 aromatic carbocycles. The lowest BCUT2D eigenvalue weighted by atomic mass is 10.2. The van der Waals surface area contributed by atoms with Crippen LogP contribution in [0.5, 0.6) is 0 Å². The molecule has 1 fully saturated rings. The van der Waals surface area contributed by atoms with Crippen molar-refractivity contribution in [3.05, 3.63) is 11.6 Å². The van der Waals surface area contributed by atoms with Gasteiger partial charge in [0, 0.05) is 13.1 Å². The summed E-state index contributed by atoms with van der Waals surface area (Å²) >= 11 is 1.30. The maximum Gasteiger partial charge on any atom is 0.338 e. The van der Waals surface area contributed by atoms with Gasteiger partial charge in [-0.25, -0.2) is 4.79 Å². The van der Waals surface area contributed by atoms with E-state index >= 15 is 0 Å². The summed E-state index contributed by atoms with van der Waals surface area (Å²) in [6, 6.07) is 1.60. The van der Waals surface area contributed by atoms with Crippen molar-refractivity contribution in [3.63, 3.8) is 0 Å². The molecule has 0 spiro atoms. The second-order valence-corrected chi connectivity index (χ2v) is 4.07. The van der Waals surface area contributed by atoms with Crippen LogP contribution < -0.4 is 4.90 Å². The Morgan fingerprint density at radius 1 is 1.53 bits per heavy atom. The first-order valence-electron chi connectivity index (χ1n) is 4.62. The highest BCUT2D eigenvalue weighted by atomic mass is 32.2. The number of hydrogen-bond donors (Lipinski definition) is 1. The molecule has 1 N–H and O–H groups in total. The van der Waals surface area contributed by atoms with Crippen molar-refractivity contribution in [3.8, 4) is 0 Å². The number of anilines is 1. The van der Waals surface area contributed by atoms with Crippen LogP contribution in [0.2, 0.25) is 0 Å². The van der Waals surface area contributed by atoms with Crippen molar-refractivity contribution in [2.24, 2.45) is 0 Å². The topological polar surface area (TPSA) is 66.3 Å². The quantitative estimate of drug-likeness (QED) is 0.777. The van der Waals surface area contributed by atoms with Crippen molar-refractivity contribution in [1.29, 1.82) is 0 Å². The van der Waals surface area contributed by atoms with E-state index in [4.69, 9.17) is 5.11 Å². The third kappa shape index (κ3) is 1.90. The molecule has 1 saturated heterocycles. The summed E-state index contributed by atoms with van der Waals surface area (Å²) in [6.45, 7) is 1.87. The maximum atomic E-state index is 11.0. The lowest BCUT2D eigenvalue weighted by Gasteiger charge is -2.31. The largest absolute Gasteiger partial charge is 0.478 e. The van der Waals surface area contributed by atoms with Gasteiger partial charge in [-0.2, -0.15) is 0 Å². The van der Waals surface area contributed by atoms with Gasteiger partial charge in [0.1, 0.15) is 5.03 Å². The molecule has 0 saturated carbocycles. The first-order chi connectivity index (χ1) is 7.22. The molecule has 1 aromatic rings. The average molecular weight is 225 g/mol. The summed E-state index contributed by atoms with van der Waals surface area (Å²) in [5.41, 5.74) is 0.236. The van der Waals surface area contributed by atoms with E-state index in [1.807, 2.05) is 4.90 Å². The fourth-order valence-electron chi connectivity index (χ4n) is 1.37. The highest BCUT2D eigenvalue weighted by molar-refractivity contribution is 7.98. The monoisotopic (exact) mass is 225 g/mol. The second-order valence-electron chi connectivity index (χ2n) is 3.27. The van der Waals surface area contributed by atoms with Crippen LogP contribution in [0.1, 0.15) is 16.8 Å². The molecule has 5 nitrogen and oxygen atoms in total. The molecular weight excluding hydrogens is 214 g/mol. The number of aromatic nitrogens is 2. The Morgan fingerprint density at radius 2 is 2.27 bits per heavy atom. The van der Waals surface area contributed by atoms with E-state index in [1.165, 1.54) is 11.8 Å². The van der Waals surface area contributed by atoms with Crippen molar-refractivity contribution < 1.29 is 9.90 Å². The van der Waals surface area contributed by atoms with Crippen LogP contribution in [0.4, 0.5) is 5.82 Å². The third-order valence-electron chi connectivity index (χ3n) is 2.35. The van der Waals surface area contributed by atoms with E-state index < -0.39 is 5.97 Å². The second kappa shape index (κ2) is 4.06. The molecule has 0 radical (unpaired) electrons. The zero-order chi connectivity index (χ0) is 10.8. The average Bonchev–Trinajstić information content (AvgIpc) is 2.15. The number of carbonyl (C=O) groups is 1. The number of hydrogen-bond acceptors (Lipinski definition) is 5. The number of aromatic carboxylic acids is 1. The standard InChI is InChI=1S/C9H11N3O2S/c1-15-8-6(9(13)14)5-7(10-11-8)12-3-2-4-12/h5H,2-4H2,1H3,(H,13,14). The van der Waals surface area contributed by atoms with Gasteiger partial charge in [0.25, 0.3) is 0 Å². The van der Waals surface area contributed by atoms with E-state index in [9.17, 15) is 4.79 Å². The van der Waals surface area contributed by atoms with Crippen molar-refractivity contribution in [2.45, 2.75) is 11.4 Å². The molecule has 80 valence electrons. The van der Waals surface area contributed by atoms with E-state index in [2.05, 4.69) is 10.2 Å². The molecule has 1 aliphatic rings. The predicted octanol–water partition coefficient (Wildman–Crippen LogP) is 1.11. The van der Waals surface area contributed by atoms with Gasteiger partial charge in [-0.1, -0.05) is 0 Å². The van der Waals surface area contributed by atoms with Crippen molar-refractivity contribution in [1.82, 2.24) is 10.2 Å². The Labute approximate surface area is 91.5 Å². The Hall–Kier alpha value is -1.30. The zero-order valence-corrected chi connectivity index (χ0v) is 9.12. The fraction of sp³-hybridized carbons (Fsp3) is 0.444. The number of thioether (sulfide) groups is 1. The molecule has 1 aliphatic heterocycles. The molecule has 0 aliphatic carbocycles. The Morgan fingerprint density at radius 3 is 2.73 bits per heavy atom. The van der Waals surface area contributed by atoms with Crippen LogP contribution >= 0.6 is 11.8 Å². The number of carboxylic acid groups (broad SMARTS) is 1. The lowest BCUT2D eigenvalue weighted by molar-refractivity contribution is 0.0692. The van der Waals surface area contributed by atoms with Gasteiger partial charge in [-0.15, -0.1) is 22.0 Å². The molecule has 15 heavy (non-hydrogen) atoms. The summed E-state index contributed by atoms with van der Waals surface area (Å²) < 4.78 is 0. The van der Waals surface area contributed by atoms with Crippen molar-refractivity contribution in [2.75, 3.05) is 24.2 Å².